The molecule has 0 radical (unpaired) electrons. The third-order valence-corrected chi connectivity index (χ3v) is 11.3. The summed E-state index contributed by atoms with van der Waals surface area (Å²) in [7, 11) is 0. The number of allylic oxidation sites excluding steroid dienone is 1. The monoisotopic (exact) mass is 806 g/mol. The van der Waals surface area contributed by atoms with Crippen LogP contribution in [0.25, 0.3) is 10.9 Å². The van der Waals surface area contributed by atoms with Gasteiger partial charge in [-0.1, -0.05) is 25.0 Å². The van der Waals surface area contributed by atoms with Crippen LogP contribution in [0.3, 0.4) is 0 Å². The molecule has 4 aliphatic rings. The molecule has 1 spiro atoms. The largest absolute Gasteiger partial charge is 0.484 e. The summed E-state index contributed by atoms with van der Waals surface area (Å²) in [6, 6.07) is 2.22. The normalized spacial score (nSPS) is 29.0. The van der Waals surface area contributed by atoms with Crippen molar-refractivity contribution < 1.29 is 51.3 Å². The van der Waals surface area contributed by atoms with Gasteiger partial charge in [-0.2, -0.15) is 13.2 Å². The van der Waals surface area contributed by atoms with Gasteiger partial charge in [-0.15, -0.1) is 11.6 Å². The first-order valence-corrected chi connectivity index (χ1v) is 19.7. The van der Waals surface area contributed by atoms with Crippen LogP contribution in [0.15, 0.2) is 30.4 Å². The minimum absolute atomic E-state index is 0.0159. The van der Waals surface area contributed by atoms with Crippen molar-refractivity contribution in [1.82, 2.24) is 20.5 Å². The van der Waals surface area contributed by atoms with Crippen molar-refractivity contribution in [2.75, 3.05) is 19.8 Å². The number of esters is 1. The average molecular weight is 807 g/mol. The van der Waals surface area contributed by atoms with Crippen molar-refractivity contribution in [2.45, 2.75) is 133 Å². The number of nitrogens with zero attached hydrogens (tertiary/aromatic N) is 2. The molecule has 2 fully saturated rings. The lowest BCUT2D eigenvalue weighted by Gasteiger charge is -2.47. The molecule has 2 N–H and O–H groups in total. The standard InChI is InChI=1S/C40H50ClF3N4O8/c1-6-53-35(51)39-17-16-24(39)12-10-8-7-9-11-13-29(46-36(52)56-37(3,4)5)34(50)48-21-38(20-30(48)33(49)47-39)19-27(41)31-26-18-25(54-22-40(42,43)44)14-15-28(26)45-23(2)32(31)55-38/h10,12,14-15,18,24,27,29-30H,6-9,11,13,16-17,19-22H2,1-5H3,(H,46,52)(H,47,49)/b12-10-/t24-,27?,29+,30+,38-,39-/m1/s1. The first-order valence-electron chi connectivity index (χ1n) is 19.3. The maximum absolute atomic E-state index is 14.7. The van der Waals surface area contributed by atoms with E-state index in [1.54, 1.807) is 40.7 Å². The van der Waals surface area contributed by atoms with Crippen LogP contribution >= 0.6 is 11.6 Å². The van der Waals surface area contributed by atoms with E-state index in [9.17, 15) is 32.3 Å². The highest BCUT2D eigenvalue weighted by molar-refractivity contribution is 6.22. The minimum atomic E-state index is -4.54. The number of carbonyl (C=O) groups is 4. The second-order valence-electron chi connectivity index (χ2n) is 16.3. The quantitative estimate of drug-likeness (QED) is 0.183. The summed E-state index contributed by atoms with van der Waals surface area (Å²) < 4.78 is 61.8. The molecule has 3 aliphatic heterocycles. The summed E-state index contributed by atoms with van der Waals surface area (Å²) in [5, 5.41) is 5.44. The van der Waals surface area contributed by atoms with Gasteiger partial charge in [-0.05, 0) is 84.9 Å². The maximum atomic E-state index is 14.7. The lowest BCUT2D eigenvalue weighted by Crippen LogP contribution is -2.67. The molecule has 56 heavy (non-hydrogen) atoms. The van der Waals surface area contributed by atoms with Crippen LogP contribution in [0.2, 0.25) is 0 Å². The summed E-state index contributed by atoms with van der Waals surface area (Å²) >= 11 is 7.19. The Morgan fingerprint density at radius 1 is 1.12 bits per heavy atom. The van der Waals surface area contributed by atoms with Crippen molar-refractivity contribution >= 4 is 46.4 Å². The zero-order valence-electron chi connectivity index (χ0n) is 32.4. The number of fused-ring (bicyclic) bond motifs is 5. The molecule has 16 heteroatoms. The lowest BCUT2D eigenvalue weighted by atomic mass is 9.66. The Kier molecular flexibility index (Phi) is 11.8. The number of hydrogen-bond donors (Lipinski definition) is 2. The molecule has 1 aromatic carbocycles. The van der Waals surface area contributed by atoms with Crippen molar-refractivity contribution in [3.8, 4) is 11.5 Å². The number of ether oxygens (including phenoxy) is 4. The van der Waals surface area contributed by atoms with E-state index in [2.05, 4.69) is 15.6 Å². The van der Waals surface area contributed by atoms with Crippen LogP contribution in [0.1, 0.15) is 102 Å². The Hall–Kier alpha value is -4.27. The molecule has 0 bridgehead atoms. The van der Waals surface area contributed by atoms with Gasteiger partial charge in [-0.3, -0.25) is 9.59 Å². The molecule has 1 unspecified atom stereocenters. The summed E-state index contributed by atoms with van der Waals surface area (Å²) in [4.78, 5) is 62.1. The van der Waals surface area contributed by atoms with Crippen molar-refractivity contribution in [3.63, 3.8) is 0 Å². The second kappa shape index (κ2) is 15.9. The van der Waals surface area contributed by atoms with E-state index >= 15 is 0 Å². The third kappa shape index (κ3) is 8.82. The number of alkyl carbamates (subject to hydrolysis) is 1. The summed E-state index contributed by atoms with van der Waals surface area (Å²) in [5.41, 5.74) is -1.95. The third-order valence-electron chi connectivity index (χ3n) is 10.9. The SMILES string of the molecule is CCOC(=O)[C@@]12CC[C@H]1/C=C\CCCCC[C@H](NC(=O)OC(C)(C)C)C(=O)N1C[C@@]3(CC(Cl)c4c(c(C)nc5ccc(OCC(F)(F)F)cc45)O3)C[C@H]1C(=O)N2. The number of carbonyl (C=O) groups excluding carboxylic acids is 4. The number of hydrogen-bond acceptors (Lipinski definition) is 9. The smallest absolute Gasteiger partial charge is 0.422 e. The number of halogens is 4. The number of rotatable bonds is 5. The molecule has 6 rings (SSSR count). The second-order valence-corrected chi connectivity index (χ2v) is 16.8. The van der Waals surface area contributed by atoms with E-state index in [1.165, 1.54) is 17.0 Å². The fourth-order valence-corrected chi connectivity index (χ4v) is 8.73. The molecule has 1 aliphatic carbocycles. The van der Waals surface area contributed by atoms with Gasteiger partial charge in [0.25, 0.3) is 0 Å². The molecular formula is C40H50ClF3N4O8. The molecule has 1 saturated heterocycles. The van der Waals surface area contributed by atoms with Gasteiger partial charge in [0.05, 0.1) is 29.7 Å². The van der Waals surface area contributed by atoms with Gasteiger partial charge in [0, 0.05) is 29.7 Å². The first kappa shape index (κ1) is 41.4. The van der Waals surface area contributed by atoms with Gasteiger partial charge in [0.2, 0.25) is 11.8 Å². The van der Waals surface area contributed by atoms with Gasteiger partial charge in [0.15, 0.2) is 6.61 Å². The summed E-state index contributed by atoms with van der Waals surface area (Å²) in [6.07, 6.45) is 2.97. The average Bonchev–Trinajstić information content (AvgIpc) is 3.46. The van der Waals surface area contributed by atoms with Crippen LogP contribution in [-0.2, 0) is 23.9 Å². The maximum Gasteiger partial charge on any atom is 0.422 e. The fourth-order valence-electron chi connectivity index (χ4n) is 8.23. The fraction of sp³-hybridized carbons (Fsp3) is 0.625. The molecule has 4 heterocycles. The highest BCUT2D eigenvalue weighted by Gasteiger charge is 2.59. The lowest BCUT2D eigenvalue weighted by molar-refractivity contribution is -0.161. The number of aromatic nitrogens is 1. The molecule has 2 aromatic rings. The first-order chi connectivity index (χ1) is 26.3. The van der Waals surface area contributed by atoms with E-state index in [4.69, 9.17) is 30.5 Å². The summed E-state index contributed by atoms with van der Waals surface area (Å²) in [6.45, 7) is 7.10. The predicted octanol–water partition coefficient (Wildman–Crippen LogP) is 7.13. The van der Waals surface area contributed by atoms with Gasteiger partial charge in [0.1, 0.15) is 40.3 Å². The van der Waals surface area contributed by atoms with Crippen molar-refractivity contribution in [1.29, 1.82) is 0 Å². The number of aryl methyl sites for hydroxylation is 1. The van der Waals surface area contributed by atoms with E-state index in [0.717, 1.165) is 19.3 Å². The van der Waals surface area contributed by atoms with Crippen molar-refractivity contribution in [3.05, 3.63) is 41.6 Å². The Bertz CT molecular complexity index is 1890. The molecule has 306 valence electrons. The highest BCUT2D eigenvalue weighted by atomic mass is 35.5. The van der Waals surface area contributed by atoms with Crippen LogP contribution < -0.4 is 20.1 Å². The number of nitrogens with one attached hydrogen (secondary N) is 2. The minimum Gasteiger partial charge on any atom is -0.484 e. The number of pyridine rings is 1. The zero-order chi connectivity index (χ0) is 40.6. The molecule has 12 nitrogen and oxygen atoms in total. The van der Waals surface area contributed by atoms with E-state index in [0.29, 0.717) is 47.2 Å². The van der Waals surface area contributed by atoms with E-state index < -0.39 is 70.9 Å². The van der Waals surface area contributed by atoms with Crippen LogP contribution in [0.5, 0.6) is 11.5 Å². The Morgan fingerprint density at radius 2 is 1.89 bits per heavy atom. The molecule has 3 amide bonds. The van der Waals surface area contributed by atoms with Crippen LogP contribution in [0.4, 0.5) is 18.0 Å². The Labute approximate surface area is 329 Å². The molecule has 6 atom stereocenters. The number of benzene rings is 1. The Balaban J connectivity index is 1.38. The summed E-state index contributed by atoms with van der Waals surface area (Å²) in [5.74, 6) is -1.69. The predicted molar refractivity (Wildman–Crippen MR) is 200 cm³/mol. The molecule has 1 saturated carbocycles. The zero-order valence-corrected chi connectivity index (χ0v) is 33.1. The molecular weight excluding hydrogens is 757 g/mol. The van der Waals surface area contributed by atoms with Gasteiger partial charge >= 0.3 is 18.2 Å². The number of amides is 3. The van der Waals surface area contributed by atoms with Crippen molar-refractivity contribution in [2.24, 2.45) is 5.92 Å². The van der Waals surface area contributed by atoms with E-state index in [1.807, 2.05) is 12.2 Å². The highest BCUT2D eigenvalue weighted by Crippen LogP contribution is 2.52. The van der Waals surface area contributed by atoms with Gasteiger partial charge < -0.3 is 34.5 Å². The van der Waals surface area contributed by atoms with E-state index in [-0.39, 0.29) is 44.1 Å². The topological polar surface area (TPSA) is 145 Å². The molecule has 1 aromatic heterocycles. The Morgan fingerprint density at radius 3 is 2.57 bits per heavy atom. The van der Waals surface area contributed by atoms with Crippen LogP contribution in [-0.4, -0.2) is 88.5 Å². The van der Waals surface area contributed by atoms with Gasteiger partial charge in [-0.25, -0.2) is 14.6 Å². The van der Waals surface area contributed by atoms with Crippen LogP contribution in [0, 0.1) is 12.8 Å². The number of alkyl halides is 4.